The summed E-state index contributed by atoms with van der Waals surface area (Å²) in [4.78, 5) is 0.249. The summed E-state index contributed by atoms with van der Waals surface area (Å²) in [6.45, 7) is 1.69. The Morgan fingerprint density at radius 2 is 2.00 bits per heavy atom. The van der Waals surface area contributed by atoms with Crippen LogP contribution in [-0.2, 0) is 10.0 Å². The average Bonchev–Trinajstić information content (AvgIpc) is 2.39. The van der Waals surface area contributed by atoms with E-state index >= 15 is 0 Å². The molecule has 5 nitrogen and oxygen atoms in total. The van der Waals surface area contributed by atoms with Crippen LogP contribution in [0.1, 0.15) is 12.8 Å². The Morgan fingerprint density at radius 3 is 2.55 bits per heavy atom. The maximum Gasteiger partial charge on any atom is 0.240 e. The molecule has 1 heterocycles. The smallest absolute Gasteiger partial charge is 0.240 e. The number of sulfonamides is 1. The maximum absolute atomic E-state index is 12.3. The predicted molar refractivity (Wildman–Crippen MR) is 84.2 cm³/mol. The molecule has 2 N–H and O–H groups in total. The van der Waals surface area contributed by atoms with E-state index < -0.39 is 10.0 Å². The van der Waals surface area contributed by atoms with Crippen LogP contribution in [0.3, 0.4) is 0 Å². The van der Waals surface area contributed by atoms with E-state index in [-0.39, 0.29) is 23.3 Å². The van der Waals surface area contributed by atoms with Gasteiger partial charge in [0.1, 0.15) is 5.75 Å². The Labute approximate surface area is 134 Å². The molecule has 1 aliphatic heterocycles. The first kappa shape index (κ1) is 17.7. The molecule has 0 radical (unpaired) electrons. The third kappa shape index (κ3) is 4.33. The molecule has 0 unspecified atom stereocenters. The van der Waals surface area contributed by atoms with Gasteiger partial charge < -0.3 is 10.1 Å². The molecule has 0 spiro atoms. The standard InChI is InChI=1S/C12H17BrN2O3S.ClH/c1-18-12-3-2-10(8-11(12)13)19(16,17)15-9-4-6-14-7-5-9;/h2-3,8-9,14-15H,4-7H2,1H3;1H. The number of piperidine rings is 1. The number of nitrogens with one attached hydrogen (secondary N) is 2. The lowest BCUT2D eigenvalue weighted by atomic mass is 10.1. The highest BCUT2D eigenvalue weighted by Crippen LogP contribution is 2.27. The van der Waals surface area contributed by atoms with E-state index in [0.29, 0.717) is 10.2 Å². The van der Waals surface area contributed by atoms with Gasteiger partial charge in [-0.25, -0.2) is 13.1 Å². The summed E-state index contributed by atoms with van der Waals surface area (Å²) in [5.74, 6) is 0.612. The second kappa shape index (κ2) is 7.61. The third-order valence-electron chi connectivity index (χ3n) is 3.09. The highest BCUT2D eigenvalue weighted by atomic mass is 79.9. The zero-order valence-electron chi connectivity index (χ0n) is 11.1. The van der Waals surface area contributed by atoms with Gasteiger partial charge in [-0.3, -0.25) is 0 Å². The van der Waals surface area contributed by atoms with Gasteiger partial charge in [-0.1, -0.05) is 0 Å². The van der Waals surface area contributed by atoms with Crippen molar-refractivity contribution in [3.05, 3.63) is 22.7 Å². The molecular weight excluding hydrogens is 368 g/mol. The molecule has 0 saturated carbocycles. The van der Waals surface area contributed by atoms with Crippen LogP contribution in [0.2, 0.25) is 0 Å². The van der Waals surface area contributed by atoms with Crippen LogP contribution in [0.4, 0.5) is 0 Å². The summed E-state index contributed by atoms with van der Waals surface area (Å²) in [6.07, 6.45) is 1.63. The lowest BCUT2D eigenvalue weighted by Crippen LogP contribution is -2.42. The molecule has 1 saturated heterocycles. The van der Waals surface area contributed by atoms with Crippen LogP contribution in [0.25, 0.3) is 0 Å². The SMILES string of the molecule is COc1ccc(S(=O)(=O)NC2CCNCC2)cc1Br.Cl. The Kier molecular flexibility index (Phi) is 6.74. The van der Waals surface area contributed by atoms with Gasteiger partial charge in [0.2, 0.25) is 10.0 Å². The minimum absolute atomic E-state index is 0. The molecule has 1 aliphatic rings. The summed E-state index contributed by atoms with van der Waals surface area (Å²) in [7, 11) is -1.93. The summed E-state index contributed by atoms with van der Waals surface area (Å²) in [5, 5.41) is 3.21. The van der Waals surface area contributed by atoms with Gasteiger partial charge in [-0.2, -0.15) is 0 Å². The summed E-state index contributed by atoms with van der Waals surface area (Å²) in [6, 6.07) is 4.75. The second-order valence-electron chi connectivity index (χ2n) is 4.44. The number of ether oxygens (including phenoxy) is 1. The van der Waals surface area contributed by atoms with Crippen LogP contribution in [-0.4, -0.2) is 34.7 Å². The Morgan fingerprint density at radius 1 is 1.35 bits per heavy atom. The number of hydrogen-bond acceptors (Lipinski definition) is 4. The van der Waals surface area contributed by atoms with E-state index in [1.54, 1.807) is 25.3 Å². The minimum Gasteiger partial charge on any atom is -0.496 e. The first-order chi connectivity index (χ1) is 9.03. The predicted octanol–water partition coefficient (Wildman–Crippen LogP) is 1.91. The third-order valence-corrected chi connectivity index (χ3v) is 5.23. The molecule has 0 aliphatic carbocycles. The Bertz CT molecular complexity index is 548. The lowest BCUT2D eigenvalue weighted by Gasteiger charge is -2.23. The second-order valence-corrected chi connectivity index (χ2v) is 7.01. The van der Waals surface area contributed by atoms with Crippen LogP contribution in [0.15, 0.2) is 27.6 Å². The topological polar surface area (TPSA) is 67.4 Å². The highest BCUT2D eigenvalue weighted by Gasteiger charge is 2.22. The molecule has 1 aromatic rings. The van der Waals surface area contributed by atoms with Crippen molar-refractivity contribution < 1.29 is 13.2 Å². The number of benzene rings is 1. The number of halogens is 2. The van der Waals surface area contributed by atoms with Crippen molar-refractivity contribution in [2.75, 3.05) is 20.2 Å². The normalized spacial score (nSPS) is 16.5. The summed E-state index contributed by atoms with van der Waals surface area (Å²) in [5.41, 5.74) is 0. The molecule has 2 rings (SSSR count). The van der Waals surface area contributed by atoms with Crippen LogP contribution in [0.5, 0.6) is 5.75 Å². The van der Waals surface area contributed by atoms with E-state index in [1.807, 2.05) is 0 Å². The highest BCUT2D eigenvalue weighted by molar-refractivity contribution is 9.10. The van der Waals surface area contributed by atoms with Gasteiger partial charge in [-0.15, -0.1) is 12.4 Å². The molecule has 0 aromatic heterocycles. The molecule has 20 heavy (non-hydrogen) atoms. The van der Waals surface area contributed by atoms with Gasteiger partial charge in [0.25, 0.3) is 0 Å². The van der Waals surface area contributed by atoms with Crippen molar-refractivity contribution in [3.63, 3.8) is 0 Å². The first-order valence-corrected chi connectivity index (χ1v) is 8.37. The fraction of sp³-hybridized carbons (Fsp3) is 0.500. The van der Waals surface area contributed by atoms with Crippen molar-refractivity contribution in [1.29, 1.82) is 0 Å². The molecule has 1 fully saturated rings. The molecule has 114 valence electrons. The van der Waals surface area contributed by atoms with Gasteiger partial charge in [0, 0.05) is 6.04 Å². The van der Waals surface area contributed by atoms with Gasteiger partial charge in [0.05, 0.1) is 16.5 Å². The fourth-order valence-corrected chi connectivity index (χ4v) is 4.06. The minimum atomic E-state index is -3.47. The van der Waals surface area contributed by atoms with Gasteiger partial charge in [0.15, 0.2) is 0 Å². The number of methoxy groups -OCH3 is 1. The monoisotopic (exact) mass is 384 g/mol. The Hall–Kier alpha value is -0.340. The van der Waals surface area contributed by atoms with Crippen LogP contribution in [0, 0.1) is 0 Å². The zero-order valence-corrected chi connectivity index (χ0v) is 14.3. The van der Waals surface area contributed by atoms with Crippen molar-refractivity contribution in [2.24, 2.45) is 0 Å². The molecule has 0 atom stereocenters. The van der Waals surface area contributed by atoms with E-state index in [9.17, 15) is 8.42 Å². The van der Waals surface area contributed by atoms with Gasteiger partial charge >= 0.3 is 0 Å². The van der Waals surface area contributed by atoms with Crippen molar-refractivity contribution >= 4 is 38.4 Å². The van der Waals surface area contributed by atoms with Crippen molar-refractivity contribution in [1.82, 2.24) is 10.0 Å². The Balaban J connectivity index is 0.00000200. The lowest BCUT2D eigenvalue weighted by molar-refractivity contribution is 0.411. The molecular formula is C12H18BrClN2O3S. The maximum atomic E-state index is 12.3. The fourth-order valence-electron chi connectivity index (χ4n) is 2.04. The average molecular weight is 386 g/mol. The van der Waals surface area contributed by atoms with Crippen molar-refractivity contribution in [3.8, 4) is 5.75 Å². The van der Waals surface area contributed by atoms with E-state index in [4.69, 9.17) is 4.74 Å². The first-order valence-electron chi connectivity index (χ1n) is 6.09. The van der Waals surface area contributed by atoms with E-state index in [1.165, 1.54) is 0 Å². The van der Waals surface area contributed by atoms with E-state index in [2.05, 4.69) is 26.0 Å². The van der Waals surface area contributed by atoms with E-state index in [0.717, 1.165) is 25.9 Å². The molecule has 0 bridgehead atoms. The molecule has 1 aromatic carbocycles. The summed E-state index contributed by atoms with van der Waals surface area (Å²) >= 11 is 3.30. The molecule has 0 amide bonds. The van der Waals surface area contributed by atoms with Crippen molar-refractivity contribution in [2.45, 2.75) is 23.8 Å². The number of hydrogen-bond donors (Lipinski definition) is 2. The van der Waals surface area contributed by atoms with Crippen LogP contribution >= 0.6 is 28.3 Å². The zero-order chi connectivity index (χ0) is 13.9. The summed E-state index contributed by atoms with van der Waals surface area (Å²) < 4.78 is 33.0. The van der Waals surface area contributed by atoms with Crippen LogP contribution < -0.4 is 14.8 Å². The molecule has 8 heteroatoms. The largest absolute Gasteiger partial charge is 0.496 e. The van der Waals surface area contributed by atoms with Gasteiger partial charge in [-0.05, 0) is 60.1 Å². The quantitative estimate of drug-likeness (QED) is 0.831. The number of rotatable bonds is 4.